The van der Waals surface area contributed by atoms with Gasteiger partial charge in [-0.25, -0.2) is 14.2 Å². The highest BCUT2D eigenvalue weighted by atomic mass is 79.9. The number of nitrogens with one attached hydrogen (secondary N) is 1. The van der Waals surface area contributed by atoms with Gasteiger partial charge < -0.3 is 15.8 Å². The number of aromatic nitrogens is 1. The van der Waals surface area contributed by atoms with Crippen molar-refractivity contribution in [3.8, 4) is 0 Å². The summed E-state index contributed by atoms with van der Waals surface area (Å²) < 4.78 is 18.7. The molecular weight excluding hydrogens is 341 g/mol. The van der Waals surface area contributed by atoms with E-state index in [1.807, 2.05) is 0 Å². The monoisotopic (exact) mass is 353 g/mol. The third-order valence-electron chi connectivity index (χ3n) is 2.62. The number of nitrogens with two attached hydrogens (primary N) is 1. The maximum atomic E-state index is 13.5. The lowest BCUT2D eigenvalue weighted by Gasteiger charge is -2.09. The standard InChI is InChI=1S/C14H13BrFN3O2/c1-2-21-14(20)9-6-13(18-7-12(9)17)19-8-3-4-10(15)11(16)5-8/h3-7H,2,17H2,1H3,(H,18,19). The van der Waals surface area contributed by atoms with Crippen LogP contribution in [0.1, 0.15) is 17.3 Å². The quantitative estimate of drug-likeness (QED) is 0.822. The van der Waals surface area contributed by atoms with Crippen LogP contribution in [0.3, 0.4) is 0 Å². The molecule has 0 atom stereocenters. The van der Waals surface area contributed by atoms with Crippen LogP contribution in [0, 0.1) is 5.82 Å². The maximum Gasteiger partial charge on any atom is 0.340 e. The Hall–Kier alpha value is -2.15. The Balaban J connectivity index is 2.26. The van der Waals surface area contributed by atoms with E-state index in [-0.39, 0.29) is 17.9 Å². The van der Waals surface area contributed by atoms with Crippen molar-refractivity contribution in [3.05, 3.63) is 46.3 Å². The van der Waals surface area contributed by atoms with Gasteiger partial charge in [-0.3, -0.25) is 0 Å². The summed E-state index contributed by atoms with van der Waals surface area (Å²) in [6.45, 7) is 1.96. The van der Waals surface area contributed by atoms with Gasteiger partial charge in [-0.15, -0.1) is 0 Å². The second kappa shape index (κ2) is 6.53. The summed E-state index contributed by atoms with van der Waals surface area (Å²) in [4.78, 5) is 15.8. The molecule has 2 aromatic rings. The number of nitrogens with zero attached hydrogens (tertiary/aromatic N) is 1. The lowest BCUT2D eigenvalue weighted by Crippen LogP contribution is -2.09. The Kier molecular flexibility index (Phi) is 4.74. The topological polar surface area (TPSA) is 77.2 Å². The smallest absolute Gasteiger partial charge is 0.340 e. The lowest BCUT2D eigenvalue weighted by atomic mass is 10.2. The third kappa shape index (κ3) is 3.69. The van der Waals surface area contributed by atoms with Crippen molar-refractivity contribution in [1.29, 1.82) is 0 Å². The Bertz CT molecular complexity index is 679. The van der Waals surface area contributed by atoms with Crippen LogP contribution in [-0.4, -0.2) is 17.6 Å². The molecule has 110 valence electrons. The SMILES string of the molecule is CCOC(=O)c1cc(Nc2ccc(Br)c(F)c2)ncc1N. The highest BCUT2D eigenvalue weighted by Crippen LogP contribution is 2.23. The average molecular weight is 354 g/mol. The van der Waals surface area contributed by atoms with Crippen molar-refractivity contribution in [3.63, 3.8) is 0 Å². The number of nitrogen functional groups attached to an aromatic ring is 1. The minimum atomic E-state index is -0.526. The largest absolute Gasteiger partial charge is 0.462 e. The fourth-order valence-corrected chi connectivity index (χ4v) is 1.89. The van der Waals surface area contributed by atoms with E-state index in [0.717, 1.165) is 0 Å². The molecule has 0 spiro atoms. The van der Waals surface area contributed by atoms with E-state index in [2.05, 4.69) is 26.2 Å². The van der Waals surface area contributed by atoms with E-state index in [1.54, 1.807) is 19.1 Å². The fraction of sp³-hybridized carbons (Fsp3) is 0.143. The van der Waals surface area contributed by atoms with Gasteiger partial charge in [0.05, 0.1) is 28.5 Å². The Morgan fingerprint density at radius 1 is 1.48 bits per heavy atom. The van der Waals surface area contributed by atoms with E-state index in [0.29, 0.717) is 16.0 Å². The molecule has 1 aromatic carbocycles. The molecule has 21 heavy (non-hydrogen) atoms. The summed E-state index contributed by atoms with van der Waals surface area (Å²) in [6.07, 6.45) is 1.35. The molecule has 7 heteroatoms. The highest BCUT2D eigenvalue weighted by Gasteiger charge is 2.12. The number of hydrogen-bond donors (Lipinski definition) is 2. The molecule has 5 nitrogen and oxygen atoms in total. The molecule has 0 unspecified atom stereocenters. The van der Waals surface area contributed by atoms with Gasteiger partial charge in [0.15, 0.2) is 0 Å². The van der Waals surface area contributed by atoms with Crippen LogP contribution in [-0.2, 0) is 4.74 Å². The minimum absolute atomic E-state index is 0.215. The molecule has 0 bridgehead atoms. The molecular formula is C14H13BrFN3O2. The van der Waals surface area contributed by atoms with Gasteiger partial charge in [0.2, 0.25) is 0 Å². The number of rotatable bonds is 4. The molecule has 0 aliphatic heterocycles. The predicted molar refractivity (Wildman–Crippen MR) is 82.0 cm³/mol. The number of halogens is 2. The van der Waals surface area contributed by atoms with Crippen molar-refractivity contribution < 1.29 is 13.9 Å². The molecule has 0 amide bonds. The van der Waals surface area contributed by atoms with Crippen LogP contribution in [0.2, 0.25) is 0 Å². The zero-order valence-corrected chi connectivity index (χ0v) is 12.8. The van der Waals surface area contributed by atoms with Crippen molar-refractivity contribution in [2.45, 2.75) is 6.92 Å². The van der Waals surface area contributed by atoms with Crippen molar-refractivity contribution in [2.24, 2.45) is 0 Å². The maximum absolute atomic E-state index is 13.5. The number of benzene rings is 1. The van der Waals surface area contributed by atoms with Crippen molar-refractivity contribution >= 4 is 39.1 Å². The summed E-state index contributed by atoms with van der Waals surface area (Å²) in [5, 5.41) is 2.90. The number of carbonyl (C=O) groups is 1. The van der Waals surface area contributed by atoms with Crippen LogP contribution < -0.4 is 11.1 Å². The van der Waals surface area contributed by atoms with Crippen LogP contribution >= 0.6 is 15.9 Å². The second-order valence-electron chi connectivity index (χ2n) is 4.13. The summed E-state index contributed by atoms with van der Waals surface area (Å²) in [6, 6.07) is 6.02. The number of carbonyl (C=O) groups excluding carboxylic acids is 1. The zero-order chi connectivity index (χ0) is 15.4. The molecule has 3 N–H and O–H groups in total. The molecule has 1 heterocycles. The Labute approximate surface area is 129 Å². The number of hydrogen-bond acceptors (Lipinski definition) is 5. The van der Waals surface area contributed by atoms with Crippen LogP contribution in [0.5, 0.6) is 0 Å². The van der Waals surface area contributed by atoms with E-state index in [4.69, 9.17) is 10.5 Å². The van der Waals surface area contributed by atoms with Gasteiger partial charge in [-0.1, -0.05) is 0 Å². The summed E-state index contributed by atoms with van der Waals surface area (Å²) in [5.74, 6) is -0.558. The summed E-state index contributed by atoms with van der Waals surface area (Å²) in [5.41, 5.74) is 6.64. The minimum Gasteiger partial charge on any atom is -0.462 e. The van der Waals surface area contributed by atoms with E-state index >= 15 is 0 Å². The molecule has 0 fully saturated rings. The first-order valence-corrected chi connectivity index (χ1v) is 6.95. The van der Waals surface area contributed by atoms with E-state index in [1.165, 1.54) is 18.3 Å². The van der Waals surface area contributed by atoms with Crippen LogP contribution in [0.4, 0.5) is 21.6 Å². The average Bonchev–Trinajstić information content (AvgIpc) is 2.45. The highest BCUT2D eigenvalue weighted by molar-refractivity contribution is 9.10. The first-order valence-electron chi connectivity index (χ1n) is 6.16. The molecule has 2 rings (SSSR count). The molecule has 0 aliphatic rings. The van der Waals surface area contributed by atoms with Crippen LogP contribution in [0.25, 0.3) is 0 Å². The van der Waals surface area contributed by atoms with Gasteiger partial charge in [0.25, 0.3) is 0 Å². The number of pyridine rings is 1. The van der Waals surface area contributed by atoms with Crippen molar-refractivity contribution in [1.82, 2.24) is 4.98 Å². The summed E-state index contributed by atoms with van der Waals surface area (Å²) >= 11 is 3.08. The fourth-order valence-electron chi connectivity index (χ4n) is 1.64. The van der Waals surface area contributed by atoms with Gasteiger partial charge in [-0.2, -0.15) is 0 Å². The third-order valence-corrected chi connectivity index (χ3v) is 3.27. The molecule has 0 radical (unpaired) electrons. The van der Waals surface area contributed by atoms with Crippen molar-refractivity contribution in [2.75, 3.05) is 17.7 Å². The van der Waals surface area contributed by atoms with E-state index < -0.39 is 11.8 Å². The van der Waals surface area contributed by atoms with Gasteiger partial charge in [0.1, 0.15) is 11.6 Å². The van der Waals surface area contributed by atoms with Gasteiger partial charge in [0, 0.05) is 5.69 Å². The Morgan fingerprint density at radius 2 is 2.24 bits per heavy atom. The zero-order valence-electron chi connectivity index (χ0n) is 11.2. The first kappa shape index (κ1) is 15.2. The second-order valence-corrected chi connectivity index (χ2v) is 4.99. The normalized spacial score (nSPS) is 10.2. The summed E-state index contributed by atoms with van der Waals surface area (Å²) in [7, 11) is 0. The number of anilines is 3. The van der Waals surface area contributed by atoms with Gasteiger partial charge >= 0.3 is 5.97 Å². The number of esters is 1. The predicted octanol–water partition coefficient (Wildman–Crippen LogP) is 3.49. The molecule has 1 aromatic heterocycles. The molecule has 0 saturated carbocycles. The number of ether oxygens (including phenoxy) is 1. The lowest BCUT2D eigenvalue weighted by molar-refractivity contribution is 0.0527. The molecule has 0 aliphatic carbocycles. The Morgan fingerprint density at radius 3 is 2.90 bits per heavy atom. The van der Waals surface area contributed by atoms with Crippen LogP contribution in [0.15, 0.2) is 34.9 Å². The molecule has 0 saturated heterocycles. The first-order chi connectivity index (χ1) is 10.0. The van der Waals surface area contributed by atoms with Gasteiger partial charge in [-0.05, 0) is 47.1 Å². The van der Waals surface area contributed by atoms with E-state index in [9.17, 15) is 9.18 Å².